The Morgan fingerprint density at radius 1 is 1.04 bits per heavy atom. The zero-order chi connectivity index (χ0) is 16.2. The Hall–Kier alpha value is -2.31. The lowest BCUT2D eigenvalue weighted by molar-refractivity contribution is 0.216. The third-order valence-corrected chi connectivity index (χ3v) is 3.51. The first-order valence-corrected chi connectivity index (χ1v) is 7.50. The first-order chi connectivity index (χ1) is 11.1. The third kappa shape index (κ3) is 3.91. The lowest BCUT2D eigenvalue weighted by Gasteiger charge is -2.12. The van der Waals surface area contributed by atoms with Gasteiger partial charge in [0, 0.05) is 5.02 Å². The van der Waals surface area contributed by atoms with E-state index in [-0.39, 0.29) is 6.10 Å². The number of rotatable bonds is 5. The fraction of sp³-hybridized carbons (Fsp3) is 0.133. The molecule has 0 saturated carbocycles. The van der Waals surface area contributed by atoms with Gasteiger partial charge in [0.15, 0.2) is 6.10 Å². The number of hydrogen-bond donors (Lipinski definition) is 1. The molecule has 118 valence electrons. The molecule has 23 heavy (non-hydrogen) atoms. The Balaban J connectivity index is 1.67. The van der Waals surface area contributed by atoms with Gasteiger partial charge in [0.05, 0.1) is 5.02 Å². The number of ether oxygens (including phenoxy) is 2. The van der Waals surface area contributed by atoms with Crippen LogP contribution in [0.25, 0.3) is 0 Å². The van der Waals surface area contributed by atoms with Crippen molar-refractivity contribution in [3.05, 3.63) is 58.3 Å². The average molecular weight is 351 g/mol. The predicted octanol–water partition coefficient (Wildman–Crippen LogP) is 4.44. The molecule has 1 atom stereocenters. The number of hydrogen-bond acceptors (Lipinski definition) is 5. The Kier molecular flexibility index (Phi) is 4.64. The molecule has 0 aliphatic rings. The highest BCUT2D eigenvalue weighted by atomic mass is 35.5. The van der Waals surface area contributed by atoms with Gasteiger partial charge in [0.1, 0.15) is 17.2 Å². The molecule has 0 radical (unpaired) electrons. The summed E-state index contributed by atoms with van der Waals surface area (Å²) < 4.78 is 11.4. The normalized spacial score (nSPS) is 12.0. The first kappa shape index (κ1) is 15.6. The molecule has 0 aliphatic carbocycles. The standard InChI is InChI=1S/C15H12Cl2N4O2/c1-9(15-18-20-21-19-15)22-11-3-5-12(6-4-11)23-14-7-2-10(16)8-13(14)17/h2-9H,1H3,(H,18,19,20,21). The van der Waals surface area contributed by atoms with Crippen molar-refractivity contribution in [3.8, 4) is 17.2 Å². The molecule has 2 aromatic carbocycles. The molecule has 3 rings (SSSR count). The number of tetrazole rings is 1. The molecule has 0 spiro atoms. The van der Waals surface area contributed by atoms with Gasteiger partial charge < -0.3 is 9.47 Å². The maximum Gasteiger partial charge on any atom is 0.214 e. The molecule has 1 heterocycles. The van der Waals surface area contributed by atoms with Crippen LogP contribution >= 0.6 is 23.2 Å². The van der Waals surface area contributed by atoms with Crippen LogP contribution in [0.3, 0.4) is 0 Å². The molecule has 0 aliphatic heterocycles. The Morgan fingerprint density at radius 2 is 1.78 bits per heavy atom. The summed E-state index contributed by atoms with van der Waals surface area (Å²) in [6, 6.07) is 12.2. The molecule has 0 fully saturated rings. The van der Waals surface area contributed by atoms with E-state index >= 15 is 0 Å². The van der Waals surface area contributed by atoms with Gasteiger partial charge in [0.25, 0.3) is 0 Å². The molecule has 8 heteroatoms. The van der Waals surface area contributed by atoms with Crippen LogP contribution in [0.15, 0.2) is 42.5 Å². The van der Waals surface area contributed by atoms with Crippen LogP contribution in [-0.4, -0.2) is 20.6 Å². The summed E-state index contributed by atoms with van der Waals surface area (Å²) in [5, 5.41) is 14.7. The van der Waals surface area contributed by atoms with E-state index in [2.05, 4.69) is 20.6 Å². The molecule has 0 saturated heterocycles. The third-order valence-electron chi connectivity index (χ3n) is 2.98. The van der Waals surface area contributed by atoms with Gasteiger partial charge in [-0.25, -0.2) is 0 Å². The van der Waals surface area contributed by atoms with Crippen molar-refractivity contribution in [1.29, 1.82) is 0 Å². The number of aromatic amines is 1. The summed E-state index contributed by atoms with van der Waals surface area (Å²) in [5.41, 5.74) is 0. The zero-order valence-electron chi connectivity index (χ0n) is 12.0. The SMILES string of the molecule is CC(Oc1ccc(Oc2ccc(Cl)cc2Cl)cc1)c1nn[nH]n1. The van der Waals surface area contributed by atoms with Crippen LogP contribution in [0.5, 0.6) is 17.2 Å². The maximum atomic E-state index is 6.08. The number of aromatic nitrogens is 4. The van der Waals surface area contributed by atoms with Crippen molar-refractivity contribution < 1.29 is 9.47 Å². The van der Waals surface area contributed by atoms with Crippen molar-refractivity contribution in [1.82, 2.24) is 20.6 Å². The highest BCUT2D eigenvalue weighted by Gasteiger charge is 2.12. The van der Waals surface area contributed by atoms with E-state index in [4.69, 9.17) is 32.7 Å². The van der Waals surface area contributed by atoms with Gasteiger partial charge in [0.2, 0.25) is 5.82 Å². The molecule has 1 unspecified atom stereocenters. The number of halogens is 2. The molecule has 0 bridgehead atoms. The molecule has 3 aromatic rings. The van der Waals surface area contributed by atoms with E-state index in [9.17, 15) is 0 Å². The number of H-pyrrole nitrogens is 1. The molecule has 0 amide bonds. The summed E-state index contributed by atoms with van der Waals surface area (Å²) in [4.78, 5) is 0. The highest BCUT2D eigenvalue weighted by Crippen LogP contribution is 2.32. The fourth-order valence-electron chi connectivity index (χ4n) is 1.87. The fourth-order valence-corrected chi connectivity index (χ4v) is 2.32. The van der Waals surface area contributed by atoms with Gasteiger partial charge in [-0.2, -0.15) is 5.21 Å². The van der Waals surface area contributed by atoms with Crippen LogP contribution in [0, 0.1) is 0 Å². The molecule has 1 N–H and O–H groups in total. The smallest absolute Gasteiger partial charge is 0.214 e. The predicted molar refractivity (Wildman–Crippen MR) is 86.2 cm³/mol. The molecule has 6 nitrogen and oxygen atoms in total. The van der Waals surface area contributed by atoms with Gasteiger partial charge in [-0.3, -0.25) is 0 Å². The summed E-state index contributed by atoms with van der Waals surface area (Å²) in [6.45, 7) is 1.84. The second-order valence-corrected chi connectivity index (χ2v) is 5.52. The van der Waals surface area contributed by atoms with Crippen molar-refractivity contribution in [2.45, 2.75) is 13.0 Å². The van der Waals surface area contributed by atoms with E-state index < -0.39 is 0 Å². The Labute approximate surface area is 142 Å². The van der Waals surface area contributed by atoms with Gasteiger partial charge in [-0.05, 0) is 49.4 Å². The van der Waals surface area contributed by atoms with E-state index in [1.54, 1.807) is 42.5 Å². The quantitative estimate of drug-likeness (QED) is 0.736. The second kappa shape index (κ2) is 6.85. The largest absolute Gasteiger partial charge is 0.483 e. The van der Waals surface area contributed by atoms with Crippen LogP contribution in [-0.2, 0) is 0 Å². The van der Waals surface area contributed by atoms with Crippen LogP contribution in [0.1, 0.15) is 18.9 Å². The second-order valence-electron chi connectivity index (χ2n) is 4.68. The van der Waals surface area contributed by atoms with Gasteiger partial charge >= 0.3 is 0 Å². The topological polar surface area (TPSA) is 72.9 Å². The Bertz CT molecular complexity index is 779. The van der Waals surface area contributed by atoms with Crippen LogP contribution in [0.4, 0.5) is 0 Å². The van der Waals surface area contributed by atoms with Crippen molar-refractivity contribution >= 4 is 23.2 Å². The molecular weight excluding hydrogens is 339 g/mol. The van der Waals surface area contributed by atoms with E-state index in [1.807, 2.05) is 6.92 Å². The number of nitrogens with zero attached hydrogens (tertiary/aromatic N) is 3. The highest BCUT2D eigenvalue weighted by molar-refractivity contribution is 6.35. The summed E-state index contributed by atoms with van der Waals surface area (Å²) in [7, 11) is 0. The number of nitrogens with one attached hydrogen (secondary N) is 1. The Morgan fingerprint density at radius 3 is 2.43 bits per heavy atom. The minimum absolute atomic E-state index is 0.314. The van der Waals surface area contributed by atoms with Crippen molar-refractivity contribution in [3.63, 3.8) is 0 Å². The van der Waals surface area contributed by atoms with Gasteiger partial charge in [-0.1, -0.05) is 28.4 Å². The van der Waals surface area contributed by atoms with Crippen molar-refractivity contribution in [2.75, 3.05) is 0 Å². The van der Waals surface area contributed by atoms with Crippen LogP contribution in [0.2, 0.25) is 10.0 Å². The minimum Gasteiger partial charge on any atom is -0.483 e. The lowest BCUT2D eigenvalue weighted by atomic mass is 10.3. The maximum absolute atomic E-state index is 6.08. The zero-order valence-corrected chi connectivity index (χ0v) is 13.5. The average Bonchev–Trinajstić information content (AvgIpc) is 3.06. The van der Waals surface area contributed by atoms with E-state index in [0.717, 1.165) is 0 Å². The summed E-state index contributed by atoms with van der Waals surface area (Å²) in [6.07, 6.45) is -0.314. The molecule has 1 aromatic heterocycles. The molecular formula is C15H12Cl2N4O2. The lowest BCUT2D eigenvalue weighted by Crippen LogP contribution is -2.05. The first-order valence-electron chi connectivity index (χ1n) is 6.75. The monoisotopic (exact) mass is 350 g/mol. The van der Waals surface area contributed by atoms with E-state index in [1.165, 1.54) is 0 Å². The van der Waals surface area contributed by atoms with Crippen molar-refractivity contribution in [2.24, 2.45) is 0 Å². The summed E-state index contributed by atoms with van der Waals surface area (Å²) in [5.74, 6) is 2.31. The minimum atomic E-state index is -0.314. The summed E-state index contributed by atoms with van der Waals surface area (Å²) >= 11 is 11.9. The number of benzene rings is 2. The van der Waals surface area contributed by atoms with Crippen LogP contribution < -0.4 is 9.47 Å². The van der Waals surface area contributed by atoms with E-state index in [0.29, 0.717) is 33.1 Å². The van der Waals surface area contributed by atoms with Gasteiger partial charge in [-0.15, -0.1) is 10.2 Å².